The fourth-order valence-corrected chi connectivity index (χ4v) is 5.26. The number of amides is 4. The van der Waals surface area contributed by atoms with Crippen LogP contribution in [0.25, 0.3) is 11.1 Å². The molecule has 13 nitrogen and oxygen atoms in total. The second-order valence-electron chi connectivity index (χ2n) is 13.0. The first-order valence-electron chi connectivity index (χ1n) is 15.3. The van der Waals surface area contributed by atoms with Crippen molar-refractivity contribution in [2.75, 3.05) is 26.3 Å². The molecule has 0 spiro atoms. The van der Waals surface area contributed by atoms with E-state index in [1.807, 2.05) is 24.3 Å². The molecule has 1 heterocycles. The number of nitrogens with one attached hydrogen (secondary N) is 3. The predicted molar refractivity (Wildman–Crippen MR) is 170 cm³/mol. The van der Waals surface area contributed by atoms with E-state index in [1.54, 1.807) is 41.5 Å². The smallest absolute Gasteiger partial charge is 0.414 e. The molecule has 2 aromatic rings. The summed E-state index contributed by atoms with van der Waals surface area (Å²) in [4.78, 5) is 57.2. The number of carbonyl (C=O) groups excluding carboxylic acids is 4. The number of alkyl carbamates (subject to hydrolysis) is 2. The molecule has 13 heteroatoms. The van der Waals surface area contributed by atoms with Gasteiger partial charge in [-0.05, 0) is 81.8 Å². The molecule has 1 saturated heterocycles. The SMILES string of the molecule is CC(C)(C)OC(=O)NC(=NOCCNC(=O)[C@@H]1CCCN1C(=O)OCC1c2ccccc2-c2ccccc21)NC(=O)OC(C)(C)C. The van der Waals surface area contributed by atoms with Crippen molar-refractivity contribution in [3.63, 3.8) is 0 Å². The fourth-order valence-electron chi connectivity index (χ4n) is 5.26. The van der Waals surface area contributed by atoms with Crippen molar-refractivity contribution in [3.8, 4) is 11.1 Å². The molecule has 0 aromatic heterocycles. The molecule has 2 aromatic carbocycles. The number of oxime groups is 1. The van der Waals surface area contributed by atoms with Gasteiger partial charge in [0, 0.05) is 12.5 Å². The van der Waals surface area contributed by atoms with E-state index in [2.05, 4.69) is 45.4 Å². The summed E-state index contributed by atoms with van der Waals surface area (Å²) in [5.74, 6) is -0.784. The average molecular weight is 638 g/mol. The van der Waals surface area contributed by atoms with Gasteiger partial charge < -0.3 is 24.4 Å². The van der Waals surface area contributed by atoms with Gasteiger partial charge in [-0.15, -0.1) is 0 Å². The third-order valence-electron chi connectivity index (χ3n) is 7.01. The maximum absolute atomic E-state index is 13.1. The molecule has 248 valence electrons. The molecule has 1 aliphatic heterocycles. The monoisotopic (exact) mass is 637 g/mol. The van der Waals surface area contributed by atoms with E-state index < -0.39 is 35.5 Å². The van der Waals surface area contributed by atoms with Gasteiger partial charge in [0.05, 0.1) is 6.54 Å². The minimum atomic E-state index is -0.867. The van der Waals surface area contributed by atoms with Crippen molar-refractivity contribution >= 4 is 30.1 Å². The molecule has 4 rings (SSSR count). The van der Waals surface area contributed by atoms with Gasteiger partial charge >= 0.3 is 18.3 Å². The number of fused-ring (bicyclic) bond motifs is 3. The van der Waals surface area contributed by atoms with Crippen LogP contribution in [0.5, 0.6) is 0 Å². The zero-order chi connectivity index (χ0) is 33.5. The second kappa shape index (κ2) is 14.5. The lowest BCUT2D eigenvalue weighted by Gasteiger charge is -2.24. The molecule has 0 unspecified atom stereocenters. The van der Waals surface area contributed by atoms with E-state index >= 15 is 0 Å². The maximum atomic E-state index is 13.1. The summed E-state index contributed by atoms with van der Waals surface area (Å²) in [5, 5.41) is 11.1. The van der Waals surface area contributed by atoms with Crippen LogP contribution in [0.3, 0.4) is 0 Å². The summed E-state index contributed by atoms with van der Waals surface area (Å²) in [7, 11) is 0. The zero-order valence-corrected chi connectivity index (χ0v) is 27.2. The third kappa shape index (κ3) is 9.35. The van der Waals surface area contributed by atoms with Crippen molar-refractivity contribution in [2.45, 2.75) is 77.5 Å². The van der Waals surface area contributed by atoms with Gasteiger partial charge in [0.15, 0.2) is 0 Å². The third-order valence-corrected chi connectivity index (χ3v) is 7.01. The van der Waals surface area contributed by atoms with E-state index in [1.165, 1.54) is 4.90 Å². The first-order valence-corrected chi connectivity index (χ1v) is 15.3. The largest absolute Gasteiger partial charge is 0.448 e. The van der Waals surface area contributed by atoms with Crippen molar-refractivity contribution in [2.24, 2.45) is 5.16 Å². The maximum Gasteiger partial charge on any atom is 0.414 e. The fraction of sp³-hybridized carbons (Fsp3) is 0.485. The van der Waals surface area contributed by atoms with E-state index in [-0.39, 0.29) is 37.5 Å². The van der Waals surface area contributed by atoms with Crippen LogP contribution < -0.4 is 16.0 Å². The highest BCUT2D eigenvalue weighted by molar-refractivity contribution is 6.01. The van der Waals surface area contributed by atoms with Crippen molar-refractivity contribution in [1.29, 1.82) is 0 Å². The summed E-state index contributed by atoms with van der Waals surface area (Å²) in [6, 6.07) is 15.5. The summed E-state index contributed by atoms with van der Waals surface area (Å²) in [6.07, 6.45) is -1.10. The molecule has 46 heavy (non-hydrogen) atoms. The zero-order valence-electron chi connectivity index (χ0n) is 27.2. The average Bonchev–Trinajstić information content (AvgIpc) is 3.57. The Bertz CT molecular complexity index is 1380. The molecular weight excluding hydrogens is 594 g/mol. The number of benzene rings is 2. The number of likely N-dealkylation sites (tertiary alicyclic amines) is 1. The van der Waals surface area contributed by atoms with E-state index in [0.29, 0.717) is 19.4 Å². The van der Waals surface area contributed by atoms with Crippen LogP contribution >= 0.6 is 0 Å². The minimum Gasteiger partial charge on any atom is -0.448 e. The Balaban J connectivity index is 1.27. The van der Waals surface area contributed by atoms with Crippen LogP contribution in [0, 0.1) is 0 Å². The lowest BCUT2D eigenvalue weighted by Crippen LogP contribution is -2.47. The molecule has 0 radical (unpaired) electrons. The number of hydrogen-bond acceptors (Lipinski definition) is 9. The topological polar surface area (TPSA) is 157 Å². The van der Waals surface area contributed by atoms with Crippen LogP contribution in [-0.2, 0) is 23.8 Å². The number of rotatable bonds is 7. The summed E-state index contributed by atoms with van der Waals surface area (Å²) in [5.41, 5.74) is 2.91. The summed E-state index contributed by atoms with van der Waals surface area (Å²) >= 11 is 0. The van der Waals surface area contributed by atoms with Crippen molar-refractivity contribution in [3.05, 3.63) is 59.7 Å². The standard InChI is InChI=1S/C33H43N5O8/c1-32(2,3)45-29(40)35-28(36-30(41)46-33(4,5)6)37-44-19-17-34-27(39)26-16-11-18-38(26)31(42)43-20-25-23-14-9-7-12-21(23)22-13-8-10-15-24(22)25/h7-10,12-15,25-26H,11,16-20H2,1-6H3,(H,34,39)(H2,35,36,37,40,41)/t26-/m0/s1. The van der Waals surface area contributed by atoms with Crippen molar-refractivity contribution < 1.29 is 38.2 Å². The molecule has 2 aliphatic rings. The van der Waals surface area contributed by atoms with Crippen LogP contribution in [0.1, 0.15) is 71.4 Å². The van der Waals surface area contributed by atoms with Gasteiger partial charge in [-0.3, -0.25) is 20.3 Å². The normalized spacial score (nSPS) is 15.6. The molecule has 1 atom stereocenters. The van der Waals surface area contributed by atoms with Crippen molar-refractivity contribution in [1.82, 2.24) is 20.9 Å². The second-order valence-corrected chi connectivity index (χ2v) is 13.0. The number of carbonyl (C=O) groups is 4. The van der Waals surface area contributed by atoms with Gasteiger partial charge in [-0.2, -0.15) is 0 Å². The van der Waals surface area contributed by atoms with Gasteiger partial charge in [0.2, 0.25) is 5.91 Å². The summed E-state index contributed by atoms with van der Waals surface area (Å²) < 4.78 is 16.2. The number of guanidine groups is 1. The van der Waals surface area contributed by atoms with Crippen LogP contribution in [0.15, 0.2) is 53.7 Å². The molecule has 4 amide bonds. The van der Waals surface area contributed by atoms with Gasteiger partial charge in [-0.1, -0.05) is 48.5 Å². The highest BCUT2D eigenvalue weighted by atomic mass is 16.6. The minimum absolute atomic E-state index is 0.0452. The molecule has 3 N–H and O–H groups in total. The Morgan fingerprint density at radius 1 is 0.848 bits per heavy atom. The van der Waals surface area contributed by atoms with Gasteiger partial charge in [0.1, 0.15) is 30.5 Å². The highest BCUT2D eigenvalue weighted by Crippen LogP contribution is 2.44. The molecule has 1 aliphatic carbocycles. The lowest BCUT2D eigenvalue weighted by molar-refractivity contribution is -0.125. The van der Waals surface area contributed by atoms with Gasteiger partial charge in [-0.25, -0.2) is 14.4 Å². The Kier molecular flexibility index (Phi) is 10.8. The van der Waals surface area contributed by atoms with Crippen LogP contribution in [0.2, 0.25) is 0 Å². The van der Waals surface area contributed by atoms with Crippen LogP contribution in [-0.4, -0.2) is 78.6 Å². The molecule has 0 bridgehead atoms. The molecule has 1 fully saturated rings. The molecular formula is C33H43N5O8. The Morgan fingerprint density at radius 2 is 1.39 bits per heavy atom. The molecule has 0 saturated carbocycles. The Morgan fingerprint density at radius 3 is 1.93 bits per heavy atom. The Labute approximate surface area is 268 Å². The number of nitrogens with zero attached hydrogens (tertiary/aromatic N) is 2. The quantitative estimate of drug-likeness (QED) is 0.128. The highest BCUT2D eigenvalue weighted by Gasteiger charge is 2.36. The van der Waals surface area contributed by atoms with E-state index in [9.17, 15) is 19.2 Å². The van der Waals surface area contributed by atoms with Crippen LogP contribution in [0.4, 0.5) is 14.4 Å². The van der Waals surface area contributed by atoms with E-state index in [0.717, 1.165) is 22.3 Å². The number of ether oxygens (including phenoxy) is 3. The Hall–Kier alpha value is -4.81. The first kappa shape index (κ1) is 34.1. The van der Waals surface area contributed by atoms with E-state index in [4.69, 9.17) is 19.0 Å². The van der Waals surface area contributed by atoms with Gasteiger partial charge in [0.25, 0.3) is 5.96 Å². The predicted octanol–water partition coefficient (Wildman–Crippen LogP) is 4.85. The first-order chi connectivity index (χ1) is 21.7. The summed E-state index contributed by atoms with van der Waals surface area (Å²) in [6.45, 7) is 10.6. The lowest BCUT2D eigenvalue weighted by atomic mass is 9.98. The number of hydrogen-bond donors (Lipinski definition) is 3.